The van der Waals surface area contributed by atoms with Crippen LogP contribution in [0.25, 0.3) is 17.2 Å². The fourth-order valence-corrected chi connectivity index (χ4v) is 3.50. The molecule has 29 heavy (non-hydrogen) atoms. The highest BCUT2D eigenvalue weighted by molar-refractivity contribution is 5.77. The number of ether oxygens (including phenoxy) is 1. The first-order valence-corrected chi connectivity index (χ1v) is 10.1. The summed E-state index contributed by atoms with van der Waals surface area (Å²) in [6, 6.07) is 8.48. The molecule has 0 spiro atoms. The lowest BCUT2D eigenvalue weighted by atomic mass is 9.91. The molecule has 5 heteroatoms. The number of carbonyl (C=O) groups excluding carboxylic acids is 1. The second-order valence-corrected chi connectivity index (χ2v) is 8.19. The number of nitrogens with zero attached hydrogens (tertiary/aromatic N) is 1. The maximum Gasteiger partial charge on any atom is 0.309 e. The smallest absolute Gasteiger partial charge is 0.309 e. The minimum absolute atomic E-state index is 0.0348. The number of aromatic nitrogens is 1. The number of esters is 1. The number of hydrogen-bond donors (Lipinski definition) is 1. The zero-order valence-electron chi connectivity index (χ0n) is 17.4. The van der Waals surface area contributed by atoms with Crippen molar-refractivity contribution >= 4 is 12.0 Å². The fourth-order valence-electron chi connectivity index (χ4n) is 3.50. The van der Waals surface area contributed by atoms with Gasteiger partial charge in [0, 0.05) is 17.7 Å². The third-order valence-corrected chi connectivity index (χ3v) is 5.07. The van der Waals surface area contributed by atoms with Crippen LogP contribution in [0.1, 0.15) is 69.3 Å². The molecule has 0 bridgehead atoms. The topological polar surface area (TPSA) is 59.4 Å². The third kappa shape index (κ3) is 5.10. The van der Waals surface area contributed by atoms with Crippen molar-refractivity contribution in [1.82, 2.24) is 4.98 Å². The monoisotopic (exact) mass is 397 g/mol. The van der Waals surface area contributed by atoms with E-state index in [4.69, 9.17) is 9.72 Å². The van der Waals surface area contributed by atoms with Gasteiger partial charge >= 0.3 is 5.97 Å². The van der Waals surface area contributed by atoms with E-state index in [0.717, 1.165) is 28.1 Å². The van der Waals surface area contributed by atoms with Crippen molar-refractivity contribution in [2.24, 2.45) is 0 Å². The van der Waals surface area contributed by atoms with Gasteiger partial charge in [-0.05, 0) is 47.2 Å². The number of aliphatic hydroxyl groups is 1. The summed E-state index contributed by atoms with van der Waals surface area (Å²) in [5.74, 6) is -0.253. The first kappa shape index (κ1) is 21.2. The number of carbonyl (C=O) groups is 1. The zero-order valence-corrected chi connectivity index (χ0v) is 17.4. The molecule has 3 rings (SSSR count). The van der Waals surface area contributed by atoms with Crippen molar-refractivity contribution in [2.45, 2.75) is 64.6 Å². The Morgan fingerprint density at radius 3 is 2.45 bits per heavy atom. The number of rotatable bonds is 5. The molecule has 1 aliphatic heterocycles. The van der Waals surface area contributed by atoms with Gasteiger partial charge in [-0.25, -0.2) is 4.39 Å². The molecular formula is C24H28FNO3. The van der Waals surface area contributed by atoms with Crippen LogP contribution in [0.5, 0.6) is 0 Å². The Bertz CT molecular complexity index is 903. The van der Waals surface area contributed by atoms with Crippen LogP contribution in [-0.2, 0) is 9.53 Å². The summed E-state index contributed by atoms with van der Waals surface area (Å²) in [4.78, 5) is 16.5. The molecule has 0 amide bonds. The van der Waals surface area contributed by atoms with E-state index in [1.807, 2.05) is 18.2 Å². The summed E-state index contributed by atoms with van der Waals surface area (Å²) in [5, 5.41) is 9.86. The van der Waals surface area contributed by atoms with Crippen LogP contribution in [0, 0.1) is 5.82 Å². The number of benzene rings is 1. The molecule has 1 N–H and O–H groups in total. The van der Waals surface area contributed by atoms with E-state index in [0.29, 0.717) is 6.42 Å². The minimum Gasteiger partial charge on any atom is -0.458 e. The van der Waals surface area contributed by atoms with Crippen molar-refractivity contribution in [2.75, 3.05) is 0 Å². The first-order chi connectivity index (χ1) is 13.7. The van der Waals surface area contributed by atoms with Gasteiger partial charge in [0.05, 0.1) is 18.2 Å². The highest BCUT2D eigenvalue weighted by Crippen LogP contribution is 2.33. The average Bonchev–Trinajstić information content (AvgIpc) is 2.65. The summed E-state index contributed by atoms with van der Waals surface area (Å²) in [6.45, 7) is 8.36. The van der Waals surface area contributed by atoms with Crippen molar-refractivity contribution in [3.05, 3.63) is 59.2 Å². The summed E-state index contributed by atoms with van der Waals surface area (Å²) in [5.41, 5.74) is 4.70. The Kier molecular flexibility index (Phi) is 6.48. The van der Waals surface area contributed by atoms with E-state index in [9.17, 15) is 14.3 Å². The molecule has 4 nitrogen and oxygen atoms in total. The third-order valence-electron chi connectivity index (χ3n) is 5.07. The van der Waals surface area contributed by atoms with E-state index in [1.165, 1.54) is 12.1 Å². The Labute approximate surface area is 171 Å². The van der Waals surface area contributed by atoms with Crippen LogP contribution in [-0.4, -0.2) is 28.3 Å². The Balaban J connectivity index is 2.10. The van der Waals surface area contributed by atoms with E-state index in [-0.39, 0.29) is 24.1 Å². The lowest BCUT2D eigenvalue weighted by Crippen LogP contribution is -2.31. The van der Waals surface area contributed by atoms with E-state index < -0.39 is 18.2 Å². The molecule has 1 aromatic carbocycles. The quantitative estimate of drug-likeness (QED) is 0.703. The number of cyclic esters (lactones) is 1. The van der Waals surface area contributed by atoms with Gasteiger partial charge in [0.1, 0.15) is 11.9 Å². The van der Waals surface area contributed by atoms with Crippen molar-refractivity contribution < 1.29 is 19.0 Å². The van der Waals surface area contributed by atoms with Gasteiger partial charge in [0.2, 0.25) is 0 Å². The predicted molar refractivity (Wildman–Crippen MR) is 112 cm³/mol. The Morgan fingerprint density at radius 2 is 1.86 bits per heavy atom. The normalized spacial score (nSPS) is 19.9. The minimum atomic E-state index is -0.687. The van der Waals surface area contributed by atoms with Crippen molar-refractivity contribution in [3.63, 3.8) is 0 Å². The molecule has 0 saturated carbocycles. The molecule has 1 aliphatic rings. The number of hydrogen-bond acceptors (Lipinski definition) is 4. The largest absolute Gasteiger partial charge is 0.458 e. The van der Waals surface area contributed by atoms with E-state index >= 15 is 0 Å². The molecule has 0 unspecified atom stereocenters. The van der Waals surface area contributed by atoms with Crippen molar-refractivity contribution in [3.8, 4) is 11.1 Å². The Hall–Kier alpha value is -2.53. The summed E-state index contributed by atoms with van der Waals surface area (Å²) >= 11 is 0. The van der Waals surface area contributed by atoms with E-state index in [2.05, 4.69) is 27.7 Å². The molecule has 0 radical (unpaired) electrons. The first-order valence-electron chi connectivity index (χ1n) is 10.1. The van der Waals surface area contributed by atoms with Gasteiger partial charge < -0.3 is 9.84 Å². The average molecular weight is 397 g/mol. The number of aliphatic hydroxyl groups excluding tert-OH is 1. The summed E-state index contributed by atoms with van der Waals surface area (Å²) < 4.78 is 18.8. The van der Waals surface area contributed by atoms with Crippen LogP contribution < -0.4 is 0 Å². The summed E-state index contributed by atoms with van der Waals surface area (Å²) in [6.07, 6.45) is 2.98. The second-order valence-electron chi connectivity index (χ2n) is 8.19. The van der Waals surface area contributed by atoms with Crippen LogP contribution in [0.2, 0.25) is 0 Å². The molecule has 2 heterocycles. The lowest BCUT2D eigenvalue weighted by Gasteiger charge is -2.24. The summed E-state index contributed by atoms with van der Waals surface area (Å²) in [7, 11) is 0. The van der Waals surface area contributed by atoms with E-state index in [1.54, 1.807) is 12.1 Å². The highest BCUT2D eigenvalue weighted by Gasteiger charge is 2.25. The Morgan fingerprint density at radius 1 is 1.17 bits per heavy atom. The number of pyridine rings is 1. The maximum atomic E-state index is 13.5. The molecule has 154 valence electrons. The van der Waals surface area contributed by atoms with Gasteiger partial charge in [0.15, 0.2) is 0 Å². The standard InChI is InChI=1S/C24H28FNO3/c1-14(2)22-13-21(16-5-7-17(25)8-6-16)20(24(26-22)15(3)4)10-9-19-11-18(27)12-23(28)29-19/h5-10,13-15,18-19,27H,11-12H2,1-4H3/b10-9+/t18-,19-/m0/s1. The van der Waals surface area contributed by atoms with Crippen molar-refractivity contribution in [1.29, 1.82) is 0 Å². The number of halogens is 1. The molecule has 1 aromatic heterocycles. The van der Waals surface area contributed by atoms with Gasteiger partial charge in [-0.15, -0.1) is 0 Å². The molecule has 1 saturated heterocycles. The van der Waals surface area contributed by atoms with Gasteiger partial charge in [0.25, 0.3) is 0 Å². The van der Waals surface area contributed by atoms with Crippen LogP contribution >= 0.6 is 0 Å². The van der Waals surface area contributed by atoms with Crippen LogP contribution in [0.4, 0.5) is 4.39 Å². The fraction of sp³-hybridized carbons (Fsp3) is 0.417. The molecular weight excluding hydrogens is 369 g/mol. The van der Waals surface area contributed by atoms with Gasteiger partial charge in [-0.2, -0.15) is 0 Å². The SMILES string of the molecule is CC(C)c1cc(-c2ccc(F)cc2)c(/C=C/[C@H]2C[C@H](O)CC(=O)O2)c(C(C)C)n1. The van der Waals surface area contributed by atoms with Crippen LogP contribution in [0.15, 0.2) is 36.4 Å². The predicted octanol–water partition coefficient (Wildman–Crippen LogP) is 5.21. The lowest BCUT2D eigenvalue weighted by molar-refractivity contribution is -0.156. The van der Waals surface area contributed by atoms with Crippen LogP contribution in [0.3, 0.4) is 0 Å². The maximum absolute atomic E-state index is 13.5. The zero-order chi connectivity index (χ0) is 21.1. The molecule has 2 aromatic rings. The molecule has 1 fully saturated rings. The van der Waals surface area contributed by atoms with Gasteiger partial charge in [-0.3, -0.25) is 9.78 Å². The molecule has 0 aliphatic carbocycles. The molecule has 2 atom stereocenters. The van der Waals surface area contributed by atoms with Gasteiger partial charge in [-0.1, -0.05) is 45.9 Å². The second kappa shape index (κ2) is 8.87. The highest BCUT2D eigenvalue weighted by atomic mass is 19.1.